The molecule has 0 aliphatic carbocycles. The molecule has 3 heteroatoms. The summed E-state index contributed by atoms with van der Waals surface area (Å²) in [7, 11) is 1.60. The number of rotatable bonds is 5. The molecule has 1 heterocycles. The molecule has 0 radical (unpaired) electrons. The second-order valence-electron chi connectivity index (χ2n) is 5.49. The zero-order valence-corrected chi connectivity index (χ0v) is 13.7. The number of ketones is 1. The van der Waals surface area contributed by atoms with Gasteiger partial charge in [0.15, 0.2) is 5.78 Å². The molecule has 0 saturated carbocycles. The molecule has 24 heavy (non-hydrogen) atoms. The first-order valence-corrected chi connectivity index (χ1v) is 7.69. The highest BCUT2D eigenvalue weighted by atomic mass is 16.5. The van der Waals surface area contributed by atoms with Crippen LogP contribution in [0.25, 0.3) is 17.4 Å². The van der Waals surface area contributed by atoms with Crippen molar-refractivity contribution in [1.29, 1.82) is 0 Å². The predicted octanol–water partition coefficient (Wildman–Crippen LogP) is 5.16. The summed E-state index contributed by atoms with van der Waals surface area (Å²) in [5.41, 5.74) is 2.83. The van der Waals surface area contributed by atoms with Crippen molar-refractivity contribution in [1.82, 2.24) is 0 Å². The Morgan fingerprint density at radius 1 is 0.958 bits per heavy atom. The van der Waals surface area contributed by atoms with Gasteiger partial charge < -0.3 is 9.15 Å². The molecule has 0 aliphatic rings. The summed E-state index contributed by atoms with van der Waals surface area (Å²) in [5, 5.41) is 0. The summed E-state index contributed by atoms with van der Waals surface area (Å²) in [6.45, 7) is 2.05. The minimum atomic E-state index is -0.0778. The van der Waals surface area contributed by atoms with Crippen LogP contribution >= 0.6 is 0 Å². The van der Waals surface area contributed by atoms with Crippen LogP contribution in [0.2, 0.25) is 0 Å². The molecule has 0 spiro atoms. The SMILES string of the molecule is COc1ccc(C(=O)/C=C/c2ccc(-c3ccc(C)cc3)o2)cc1. The lowest BCUT2D eigenvalue weighted by atomic mass is 10.1. The molecule has 120 valence electrons. The second-order valence-corrected chi connectivity index (χ2v) is 5.49. The van der Waals surface area contributed by atoms with Gasteiger partial charge >= 0.3 is 0 Å². The van der Waals surface area contributed by atoms with Gasteiger partial charge in [-0.3, -0.25) is 4.79 Å². The zero-order valence-electron chi connectivity index (χ0n) is 13.7. The van der Waals surface area contributed by atoms with Crippen LogP contribution in [0.4, 0.5) is 0 Å². The minimum absolute atomic E-state index is 0.0778. The number of hydrogen-bond donors (Lipinski definition) is 0. The number of methoxy groups -OCH3 is 1. The Labute approximate surface area is 141 Å². The van der Waals surface area contributed by atoms with Gasteiger partial charge in [0.05, 0.1) is 7.11 Å². The summed E-state index contributed by atoms with van der Waals surface area (Å²) in [6, 6.07) is 18.9. The Bertz CT molecular complexity index is 853. The number of carbonyl (C=O) groups is 1. The molecule has 0 atom stereocenters. The van der Waals surface area contributed by atoms with Gasteiger partial charge in [-0.05, 0) is 55.5 Å². The summed E-state index contributed by atoms with van der Waals surface area (Å²) in [4.78, 5) is 12.2. The average molecular weight is 318 g/mol. The van der Waals surface area contributed by atoms with Gasteiger partial charge in [-0.2, -0.15) is 0 Å². The van der Waals surface area contributed by atoms with E-state index < -0.39 is 0 Å². The molecule has 3 rings (SSSR count). The fraction of sp³-hybridized carbons (Fsp3) is 0.0952. The minimum Gasteiger partial charge on any atom is -0.497 e. The standard InChI is InChI=1S/C21H18O3/c1-15-3-5-17(6-4-15)21-14-12-19(24-21)11-13-20(22)16-7-9-18(23-2)10-8-16/h3-14H,1-2H3/b13-11+. The third-order valence-corrected chi connectivity index (χ3v) is 3.74. The monoisotopic (exact) mass is 318 g/mol. The van der Waals surface area contributed by atoms with E-state index in [4.69, 9.17) is 9.15 Å². The fourth-order valence-electron chi connectivity index (χ4n) is 2.32. The van der Waals surface area contributed by atoms with Gasteiger partial charge in [-0.15, -0.1) is 0 Å². The third kappa shape index (κ3) is 3.63. The maximum Gasteiger partial charge on any atom is 0.185 e. The molecule has 0 N–H and O–H groups in total. The van der Waals surface area contributed by atoms with Crippen LogP contribution in [-0.4, -0.2) is 12.9 Å². The molecule has 0 aliphatic heterocycles. The van der Waals surface area contributed by atoms with E-state index in [-0.39, 0.29) is 5.78 Å². The number of ether oxygens (including phenoxy) is 1. The van der Waals surface area contributed by atoms with E-state index in [2.05, 4.69) is 0 Å². The van der Waals surface area contributed by atoms with Crippen LogP contribution in [0.15, 0.2) is 71.2 Å². The topological polar surface area (TPSA) is 39.4 Å². The van der Waals surface area contributed by atoms with Gasteiger partial charge in [-0.1, -0.05) is 29.8 Å². The number of furan rings is 1. The van der Waals surface area contributed by atoms with E-state index in [0.29, 0.717) is 11.3 Å². The number of benzene rings is 2. The second kappa shape index (κ2) is 7.01. The molecule has 0 unspecified atom stereocenters. The normalized spacial score (nSPS) is 10.9. The summed E-state index contributed by atoms with van der Waals surface area (Å²) >= 11 is 0. The first-order chi connectivity index (χ1) is 11.7. The van der Waals surface area contributed by atoms with Gasteiger partial charge in [0, 0.05) is 11.1 Å². The molecule has 3 nitrogen and oxygen atoms in total. The lowest BCUT2D eigenvalue weighted by molar-refractivity contribution is 0.104. The van der Waals surface area contributed by atoms with Gasteiger partial charge in [-0.25, -0.2) is 0 Å². The van der Waals surface area contributed by atoms with Gasteiger partial charge in [0.2, 0.25) is 0 Å². The molecule has 0 amide bonds. The van der Waals surface area contributed by atoms with Gasteiger partial charge in [0.1, 0.15) is 17.3 Å². The Balaban J connectivity index is 1.72. The van der Waals surface area contributed by atoms with E-state index in [1.807, 2.05) is 43.3 Å². The van der Waals surface area contributed by atoms with Crippen LogP contribution in [0.3, 0.4) is 0 Å². The smallest absolute Gasteiger partial charge is 0.185 e. The number of hydrogen-bond acceptors (Lipinski definition) is 3. The maximum absolute atomic E-state index is 12.2. The van der Waals surface area contributed by atoms with E-state index in [1.54, 1.807) is 37.5 Å². The predicted molar refractivity (Wildman–Crippen MR) is 95.2 cm³/mol. The molecule has 1 aromatic heterocycles. The summed E-state index contributed by atoms with van der Waals surface area (Å²) in [6.07, 6.45) is 3.20. The Kier molecular flexibility index (Phi) is 4.62. The Morgan fingerprint density at radius 3 is 2.33 bits per heavy atom. The van der Waals surface area contributed by atoms with Crippen molar-refractivity contribution in [3.05, 3.63) is 83.6 Å². The van der Waals surface area contributed by atoms with Crippen molar-refractivity contribution in [3.8, 4) is 17.1 Å². The van der Waals surface area contributed by atoms with E-state index >= 15 is 0 Å². The Hall–Kier alpha value is -3.07. The number of aryl methyl sites for hydroxylation is 1. The van der Waals surface area contributed by atoms with Crippen molar-refractivity contribution < 1.29 is 13.9 Å². The highest BCUT2D eigenvalue weighted by molar-refractivity contribution is 6.06. The number of allylic oxidation sites excluding steroid dienone is 1. The molecule has 3 aromatic rings. The Morgan fingerprint density at radius 2 is 1.67 bits per heavy atom. The molecular weight excluding hydrogens is 300 g/mol. The first-order valence-electron chi connectivity index (χ1n) is 7.69. The van der Waals surface area contributed by atoms with Crippen LogP contribution in [0, 0.1) is 6.92 Å². The van der Waals surface area contributed by atoms with Crippen molar-refractivity contribution in [3.63, 3.8) is 0 Å². The largest absolute Gasteiger partial charge is 0.497 e. The summed E-state index contributed by atoms with van der Waals surface area (Å²) in [5.74, 6) is 2.08. The van der Waals surface area contributed by atoms with Crippen molar-refractivity contribution >= 4 is 11.9 Å². The molecule has 0 bridgehead atoms. The van der Waals surface area contributed by atoms with Gasteiger partial charge in [0.25, 0.3) is 0 Å². The first kappa shape index (κ1) is 15.8. The zero-order chi connectivity index (χ0) is 16.9. The van der Waals surface area contributed by atoms with E-state index in [9.17, 15) is 4.79 Å². The lowest BCUT2D eigenvalue weighted by Crippen LogP contribution is -1.93. The summed E-state index contributed by atoms with van der Waals surface area (Å²) < 4.78 is 10.9. The van der Waals surface area contributed by atoms with E-state index in [0.717, 1.165) is 17.1 Å². The molecule has 0 fully saturated rings. The number of carbonyl (C=O) groups excluding carboxylic acids is 1. The van der Waals surface area contributed by atoms with Crippen molar-refractivity contribution in [2.75, 3.05) is 7.11 Å². The third-order valence-electron chi connectivity index (χ3n) is 3.74. The lowest BCUT2D eigenvalue weighted by Gasteiger charge is -2.00. The van der Waals surface area contributed by atoms with Crippen molar-refractivity contribution in [2.45, 2.75) is 6.92 Å². The molecule has 2 aromatic carbocycles. The highest BCUT2D eigenvalue weighted by Crippen LogP contribution is 2.23. The highest BCUT2D eigenvalue weighted by Gasteiger charge is 2.05. The van der Waals surface area contributed by atoms with E-state index in [1.165, 1.54) is 11.6 Å². The fourth-order valence-corrected chi connectivity index (χ4v) is 2.32. The van der Waals surface area contributed by atoms with Crippen LogP contribution < -0.4 is 4.74 Å². The van der Waals surface area contributed by atoms with Crippen LogP contribution in [-0.2, 0) is 0 Å². The van der Waals surface area contributed by atoms with Crippen molar-refractivity contribution in [2.24, 2.45) is 0 Å². The molecular formula is C21H18O3. The van der Waals surface area contributed by atoms with Crippen LogP contribution in [0.5, 0.6) is 5.75 Å². The van der Waals surface area contributed by atoms with Crippen LogP contribution in [0.1, 0.15) is 21.7 Å². The molecule has 0 saturated heterocycles. The quantitative estimate of drug-likeness (QED) is 0.482. The average Bonchev–Trinajstić information content (AvgIpc) is 3.09. The maximum atomic E-state index is 12.2.